The molecule has 0 atom stereocenters. The van der Waals surface area contributed by atoms with Gasteiger partial charge in [-0.2, -0.15) is 0 Å². The van der Waals surface area contributed by atoms with Crippen LogP contribution >= 0.6 is 0 Å². The zero-order chi connectivity index (χ0) is 33.2. The largest absolute Gasteiger partial charge is 0.382 e. The van der Waals surface area contributed by atoms with E-state index in [1.54, 1.807) is 28.4 Å². The standard InChI is InChI=1S/C28H54N4O14/c1-35-5-9-39-13-17-43-21-29-25-26(31(27(29)33)23-45-19-15-41-11-7-37-3)32(24-46-20-16-42-12-8-38-4)28(34)30(25)22-44-18-14-40-10-6-36-2/h25-26H,5-24H2,1-4H3. The molecule has 0 bridgehead atoms. The zero-order valence-electron chi connectivity index (χ0n) is 27.8. The van der Waals surface area contributed by atoms with Crippen molar-refractivity contribution in [1.82, 2.24) is 19.6 Å². The molecule has 2 saturated heterocycles. The van der Waals surface area contributed by atoms with E-state index < -0.39 is 12.3 Å². The Labute approximate surface area is 271 Å². The Morgan fingerprint density at radius 2 is 0.543 bits per heavy atom. The number of methoxy groups -OCH3 is 4. The smallest absolute Gasteiger partial charge is 0.327 e. The van der Waals surface area contributed by atoms with Gasteiger partial charge in [-0.05, 0) is 0 Å². The third-order valence-corrected chi connectivity index (χ3v) is 6.66. The van der Waals surface area contributed by atoms with Crippen molar-refractivity contribution in [3.05, 3.63) is 0 Å². The highest BCUT2D eigenvalue weighted by Crippen LogP contribution is 2.35. The van der Waals surface area contributed by atoms with Crippen LogP contribution in [0.4, 0.5) is 9.59 Å². The molecular formula is C28H54N4O14. The third kappa shape index (κ3) is 14.4. The van der Waals surface area contributed by atoms with Crippen molar-refractivity contribution in [3.63, 3.8) is 0 Å². The summed E-state index contributed by atoms with van der Waals surface area (Å²) >= 11 is 0. The minimum absolute atomic E-state index is 0.0871. The van der Waals surface area contributed by atoms with Gasteiger partial charge in [-0.3, -0.25) is 19.6 Å². The summed E-state index contributed by atoms with van der Waals surface area (Å²) in [6, 6.07) is -0.743. The van der Waals surface area contributed by atoms with Gasteiger partial charge in [0.05, 0.1) is 106 Å². The second-order valence-corrected chi connectivity index (χ2v) is 9.84. The number of rotatable bonds is 32. The summed E-state index contributed by atoms with van der Waals surface area (Å²) in [6.45, 7) is 5.42. The van der Waals surface area contributed by atoms with Gasteiger partial charge in [0.25, 0.3) is 0 Å². The van der Waals surface area contributed by atoms with E-state index in [1.165, 1.54) is 19.6 Å². The Kier molecular flexibility index (Phi) is 22.8. The van der Waals surface area contributed by atoms with Crippen LogP contribution in [-0.4, -0.2) is 205 Å². The fraction of sp³-hybridized carbons (Fsp3) is 0.929. The van der Waals surface area contributed by atoms with Gasteiger partial charge in [-0.25, -0.2) is 9.59 Å². The number of hydrogen-bond acceptors (Lipinski definition) is 14. The average Bonchev–Trinajstić information content (AvgIpc) is 3.47. The summed E-state index contributed by atoms with van der Waals surface area (Å²) in [5, 5.41) is 0. The van der Waals surface area contributed by atoms with Crippen LogP contribution in [0.2, 0.25) is 0 Å². The summed E-state index contributed by atoms with van der Waals surface area (Å²) < 4.78 is 65.0. The zero-order valence-corrected chi connectivity index (χ0v) is 27.8. The lowest BCUT2D eigenvalue weighted by Gasteiger charge is -2.29. The SMILES string of the molecule is COCCOCCOCN1C(=O)N(COCCOCCOC)C2C1N(COCCOCCOC)C(=O)N2COCCOCCOC. The lowest BCUT2D eigenvalue weighted by molar-refractivity contribution is -0.0558. The van der Waals surface area contributed by atoms with Crippen molar-refractivity contribution in [2.75, 3.05) is 161 Å². The van der Waals surface area contributed by atoms with Crippen LogP contribution < -0.4 is 0 Å². The van der Waals surface area contributed by atoms with E-state index >= 15 is 0 Å². The van der Waals surface area contributed by atoms with Crippen molar-refractivity contribution in [2.45, 2.75) is 12.3 Å². The van der Waals surface area contributed by atoms with E-state index in [9.17, 15) is 9.59 Å². The number of carbonyl (C=O) groups excluding carboxylic acids is 2. The predicted octanol–water partition coefficient (Wildman–Crippen LogP) is -0.338. The number of ether oxygens (including phenoxy) is 12. The van der Waals surface area contributed by atoms with Crippen LogP contribution in [0.5, 0.6) is 0 Å². The van der Waals surface area contributed by atoms with E-state index in [1.807, 2.05) is 0 Å². The van der Waals surface area contributed by atoms with E-state index in [-0.39, 0.29) is 65.4 Å². The monoisotopic (exact) mass is 670 g/mol. The van der Waals surface area contributed by atoms with Gasteiger partial charge < -0.3 is 56.8 Å². The molecule has 2 fully saturated rings. The van der Waals surface area contributed by atoms with Gasteiger partial charge in [0.15, 0.2) is 12.3 Å². The molecule has 0 unspecified atom stereocenters. The Morgan fingerprint density at radius 3 is 0.761 bits per heavy atom. The number of carbonyl (C=O) groups is 2. The molecule has 2 aliphatic rings. The fourth-order valence-corrected chi connectivity index (χ4v) is 4.39. The molecule has 18 heteroatoms. The van der Waals surface area contributed by atoms with E-state index in [0.717, 1.165) is 0 Å². The van der Waals surface area contributed by atoms with Crippen LogP contribution in [-0.2, 0) is 56.8 Å². The maximum atomic E-state index is 13.8. The molecule has 2 aliphatic heterocycles. The van der Waals surface area contributed by atoms with Crippen LogP contribution in [0, 0.1) is 0 Å². The molecule has 2 rings (SSSR count). The number of hydrogen-bond donors (Lipinski definition) is 0. The lowest BCUT2D eigenvalue weighted by Crippen LogP contribution is -2.48. The highest BCUT2D eigenvalue weighted by atomic mass is 16.6. The first-order valence-corrected chi connectivity index (χ1v) is 15.3. The van der Waals surface area contributed by atoms with Crippen LogP contribution in [0.1, 0.15) is 0 Å². The van der Waals surface area contributed by atoms with Gasteiger partial charge in [0.1, 0.15) is 26.9 Å². The van der Waals surface area contributed by atoms with Crippen molar-refractivity contribution in [1.29, 1.82) is 0 Å². The Balaban J connectivity index is 2.10. The van der Waals surface area contributed by atoms with Crippen molar-refractivity contribution in [2.24, 2.45) is 0 Å². The normalized spacial score (nSPS) is 18.1. The molecule has 2 heterocycles. The predicted molar refractivity (Wildman–Crippen MR) is 160 cm³/mol. The third-order valence-electron chi connectivity index (χ3n) is 6.66. The summed E-state index contributed by atoms with van der Waals surface area (Å²) in [7, 11) is 6.38. The van der Waals surface area contributed by atoms with Crippen molar-refractivity contribution in [3.8, 4) is 0 Å². The van der Waals surface area contributed by atoms with E-state index in [4.69, 9.17) is 56.8 Å². The molecule has 270 valence electrons. The number of amides is 4. The number of urea groups is 2. The first kappa shape index (κ1) is 40.2. The highest BCUT2D eigenvalue weighted by Gasteiger charge is 2.59. The van der Waals surface area contributed by atoms with E-state index in [0.29, 0.717) is 79.3 Å². The average molecular weight is 671 g/mol. The maximum absolute atomic E-state index is 13.8. The van der Waals surface area contributed by atoms with Gasteiger partial charge in [0, 0.05) is 28.4 Å². The summed E-state index contributed by atoms with van der Waals surface area (Å²) in [4.78, 5) is 33.4. The molecule has 0 aromatic carbocycles. The molecule has 0 N–H and O–H groups in total. The Bertz CT molecular complexity index is 670. The second kappa shape index (κ2) is 26.1. The van der Waals surface area contributed by atoms with Crippen LogP contribution in [0.15, 0.2) is 0 Å². The number of nitrogens with zero attached hydrogens (tertiary/aromatic N) is 4. The minimum Gasteiger partial charge on any atom is -0.382 e. The van der Waals surface area contributed by atoms with Gasteiger partial charge in [-0.1, -0.05) is 0 Å². The minimum atomic E-state index is -0.744. The highest BCUT2D eigenvalue weighted by molar-refractivity contribution is 5.85. The van der Waals surface area contributed by atoms with E-state index in [2.05, 4.69) is 0 Å². The molecule has 0 saturated carbocycles. The first-order valence-electron chi connectivity index (χ1n) is 15.3. The van der Waals surface area contributed by atoms with Crippen LogP contribution in [0.3, 0.4) is 0 Å². The number of fused-ring (bicyclic) bond motifs is 1. The molecule has 46 heavy (non-hydrogen) atoms. The first-order chi connectivity index (χ1) is 22.6. The Morgan fingerprint density at radius 1 is 0.348 bits per heavy atom. The van der Waals surface area contributed by atoms with Gasteiger partial charge >= 0.3 is 12.1 Å². The summed E-state index contributed by atoms with van der Waals surface area (Å²) in [6.07, 6.45) is -1.49. The van der Waals surface area contributed by atoms with Gasteiger partial charge in [0.2, 0.25) is 0 Å². The van der Waals surface area contributed by atoms with Crippen LogP contribution in [0.25, 0.3) is 0 Å². The molecule has 0 spiro atoms. The molecule has 0 aliphatic carbocycles. The topological polar surface area (TPSA) is 158 Å². The lowest BCUT2D eigenvalue weighted by atomic mass is 10.3. The summed E-state index contributed by atoms with van der Waals surface area (Å²) in [5.74, 6) is 0. The molecule has 0 radical (unpaired) electrons. The second-order valence-electron chi connectivity index (χ2n) is 9.84. The summed E-state index contributed by atoms with van der Waals surface area (Å²) in [5.41, 5.74) is 0. The van der Waals surface area contributed by atoms with Gasteiger partial charge in [-0.15, -0.1) is 0 Å². The maximum Gasteiger partial charge on any atom is 0.327 e. The van der Waals surface area contributed by atoms with Crippen molar-refractivity contribution < 1.29 is 66.4 Å². The molecule has 0 aromatic heterocycles. The Hall–Kier alpha value is -1.94. The quantitative estimate of drug-likeness (QED) is 0.0857. The molecule has 0 aromatic rings. The molecule has 4 amide bonds. The fourth-order valence-electron chi connectivity index (χ4n) is 4.39. The molecule has 18 nitrogen and oxygen atoms in total. The molecular weight excluding hydrogens is 616 g/mol. The van der Waals surface area contributed by atoms with Crippen molar-refractivity contribution >= 4 is 12.1 Å².